The second kappa shape index (κ2) is 5.72. The maximum absolute atomic E-state index is 6.28. The van der Waals surface area contributed by atoms with Gasteiger partial charge in [-0.3, -0.25) is 0 Å². The minimum atomic E-state index is -0.437. The molecule has 4 heteroatoms. The van der Waals surface area contributed by atoms with Gasteiger partial charge in [-0.1, -0.05) is 46.9 Å². The van der Waals surface area contributed by atoms with Gasteiger partial charge in [-0.2, -0.15) is 0 Å². The van der Waals surface area contributed by atoms with Gasteiger partial charge >= 0.3 is 0 Å². The largest absolute Gasteiger partial charge is 0.320 e. The molecule has 0 spiro atoms. The van der Waals surface area contributed by atoms with Crippen LogP contribution in [0.3, 0.4) is 0 Å². The standard InChI is InChI=1S/C15H14Cl3N/c1-8-6-10(13(18)7-9(8)2)15(19)14-11(16)4-3-5-12(14)17/h3-7,15H,19H2,1-2H3. The SMILES string of the molecule is Cc1cc(Cl)c(C(N)c2c(Cl)cccc2Cl)cc1C. The Bertz CT molecular complexity index is 603. The first kappa shape index (κ1) is 14.7. The van der Waals surface area contributed by atoms with Crippen LogP contribution in [0.15, 0.2) is 30.3 Å². The van der Waals surface area contributed by atoms with Crippen LogP contribution in [-0.4, -0.2) is 0 Å². The average Bonchev–Trinajstić information content (AvgIpc) is 2.33. The minimum absolute atomic E-state index is 0.437. The molecule has 0 aliphatic carbocycles. The lowest BCUT2D eigenvalue weighted by Gasteiger charge is -2.18. The molecule has 0 radical (unpaired) electrons. The third-order valence-corrected chi connectivity index (χ3v) is 4.25. The molecule has 0 aliphatic rings. The molecule has 2 rings (SSSR count). The van der Waals surface area contributed by atoms with Crippen molar-refractivity contribution >= 4 is 34.8 Å². The second-order valence-electron chi connectivity index (χ2n) is 4.57. The molecule has 0 saturated carbocycles. The van der Waals surface area contributed by atoms with Gasteiger partial charge in [0, 0.05) is 20.6 Å². The van der Waals surface area contributed by atoms with E-state index < -0.39 is 6.04 Å². The molecule has 0 fully saturated rings. The van der Waals surface area contributed by atoms with E-state index in [9.17, 15) is 0 Å². The van der Waals surface area contributed by atoms with Crippen LogP contribution in [0.25, 0.3) is 0 Å². The van der Waals surface area contributed by atoms with Crippen LogP contribution in [0, 0.1) is 13.8 Å². The first-order chi connectivity index (χ1) is 8.91. The molecule has 1 nitrogen and oxygen atoms in total. The minimum Gasteiger partial charge on any atom is -0.320 e. The van der Waals surface area contributed by atoms with E-state index in [-0.39, 0.29) is 0 Å². The highest BCUT2D eigenvalue weighted by Crippen LogP contribution is 2.36. The summed E-state index contributed by atoms with van der Waals surface area (Å²) >= 11 is 18.7. The molecule has 2 aromatic carbocycles. The molecular formula is C15H14Cl3N. The summed E-state index contributed by atoms with van der Waals surface area (Å²) in [5.74, 6) is 0. The van der Waals surface area contributed by atoms with Crippen molar-refractivity contribution in [2.24, 2.45) is 5.73 Å². The zero-order valence-electron chi connectivity index (χ0n) is 10.7. The van der Waals surface area contributed by atoms with Gasteiger partial charge in [0.2, 0.25) is 0 Å². The summed E-state index contributed by atoms with van der Waals surface area (Å²) in [6, 6.07) is 8.81. The van der Waals surface area contributed by atoms with Crippen molar-refractivity contribution in [3.63, 3.8) is 0 Å². The summed E-state index contributed by atoms with van der Waals surface area (Å²) in [5, 5.41) is 1.73. The lowest BCUT2D eigenvalue weighted by Crippen LogP contribution is -2.14. The van der Waals surface area contributed by atoms with Crippen molar-refractivity contribution in [2.75, 3.05) is 0 Å². The molecular weight excluding hydrogens is 301 g/mol. The van der Waals surface area contributed by atoms with E-state index in [0.717, 1.165) is 16.7 Å². The molecule has 1 unspecified atom stereocenters. The Morgan fingerprint density at radius 2 is 1.42 bits per heavy atom. The summed E-state index contributed by atoms with van der Waals surface area (Å²) in [4.78, 5) is 0. The highest BCUT2D eigenvalue weighted by atomic mass is 35.5. The van der Waals surface area contributed by atoms with Crippen LogP contribution < -0.4 is 5.73 Å². The van der Waals surface area contributed by atoms with Gasteiger partial charge in [0.1, 0.15) is 0 Å². The smallest absolute Gasteiger partial charge is 0.0596 e. The molecule has 0 aliphatic heterocycles. The second-order valence-corrected chi connectivity index (χ2v) is 5.79. The van der Waals surface area contributed by atoms with Crippen molar-refractivity contribution in [3.8, 4) is 0 Å². The van der Waals surface area contributed by atoms with Gasteiger partial charge in [-0.05, 0) is 48.7 Å². The normalized spacial score (nSPS) is 12.5. The summed E-state index contributed by atoms with van der Waals surface area (Å²) in [7, 11) is 0. The maximum atomic E-state index is 6.28. The Labute approximate surface area is 128 Å². The zero-order valence-corrected chi connectivity index (χ0v) is 12.9. The van der Waals surface area contributed by atoms with Crippen molar-refractivity contribution in [1.82, 2.24) is 0 Å². The van der Waals surface area contributed by atoms with E-state index in [0.29, 0.717) is 20.6 Å². The first-order valence-electron chi connectivity index (χ1n) is 5.88. The van der Waals surface area contributed by atoms with Crippen LogP contribution in [0.4, 0.5) is 0 Å². The third kappa shape index (κ3) is 2.90. The monoisotopic (exact) mass is 313 g/mol. The van der Waals surface area contributed by atoms with Gasteiger partial charge in [0.05, 0.1) is 6.04 Å². The van der Waals surface area contributed by atoms with E-state index in [4.69, 9.17) is 40.5 Å². The number of benzene rings is 2. The van der Waals surface area contributed by atoms with E-state index in [1.807, 2.05) is 26.0 Å². The molecule has 0 amide bonds. The number of rotatable bonds is 2. The van der Waals surface area contributed by atoms with E-state index in [1.165, 1.54) is 0 Å². The Kier molecular flexibility index (Phi) is 4.42. The summed E-state index contributed by atoms with van der Waals surface area (Å²) in [5.41, 5.74) is 10.1. The first-order valence-corrected chi connectivity index (χ1v) is 7.01. The lowest BCUT2D eigenvalue weighted by molar-refractivity contribution is 0.869. The number of aryl methyl sites for hydroxylation is 2. The molecule has 0 saturated heterocycles. The maximum Gasteiger partial charge on any atom is 0.0596 e. The fraction of sp³-hybridized carbons (Fsp3) is 0.200. The molecule has 1 atom stereocenters. The van der Waals surface area contributed by atoms with Crippen LogP contribution in [0.5, 0.6) is 0 Å². The summed E-state index contributed by atoms with van der Waals surface area (Å²) in [6.07, 6.45) is 0. The quantitative estimate of drug-likeness (QED) is 0.798. The fourth-order valence-electron chi connectivity index (χ4n) is 2.00. The molecule has 19 heavy (non-hydrogen) atoms. The van der Waals surface area contributed by atoms with Crippen LogP contribution in [0.2, 0.25) is 15.1 Å². The van der Waals surface area contributed by atoms with Gasteiger partial charge in [0.15, 0.2) is 0 Å². The van der Waals surface area contributed by atoms with Gasteiger partial charge in [0.25, 0.3) is 0 Å². The van der Waals surface area contributed by atoms with Crippen LogP contribution >= 0.6 is 34.8 Å². The van der Waals surface area contributed by atoms with Gasteiger partial charge in [-0.25, -0.2) is 0 Å². The topological polar surface area (TPSA) is 26.0 Å². The van der Waals surface area contributed by atoms with Crippen molar-refractivity contribution in [2.45, 2.75) is 19.9 Å². The Morgan fingerprint density at radius 3 is 2.00 bits per heavy atom. The molecule has 0 heterocycles. The highest BCUT2D eigenvalue weighted by Gasteiger charge is 2.19. The Balaban J connectivity index is 2.56. The molecule has 0 aromatic heterocycles. The predicted molar refractivity (Wildman–Crippen MR) is 83.4 cm³/mol. The molecule has 0 bridgehead atoms. The number of halogens is 3. The van der Waals surface area contributed by atoms with Crippen LogP contribution in [0.1, 0.15) is 28.3 Å². The Hall–Kier alpha value is -0.730. The van der Waals surface area contributed by atoms with E-state index in [1.54, 1.807) is 18.2 Å². The average molecular weight is 315 g/mol. The summed E-state index contributed by atoms with van der Waals surface area (Å²) < 4.78 is 0. The Morgan fingerprint density at radius 1 is 0.895 bits per heavy atom. The molecule has 100 valence electrons. The van der Waals surface area contributed by atoms with Gasteiger partial charge in [-0.15, -0.1) is 0 Å². The van der Waals surface area contributed by atoms with Crippen molar-refractivity contribution < 1.29 is 0 Å². The zero-order chi connectivity index (χ0) is 14.2. The highest BCUT2D eigenvalue weighted by molar-refractivity contribution is 6.36. The third-order valence-electron chi connectivity index (χ3n) is 3.26. The molecule has 2 N–H and O–H groups in total. The van der Waals surface area contributed by atoms with Crippen LogP contribution in [-0.2, 0) is 0 Å². The fourth-order valence-corrected chi connectivity index (χ4v) is 2.97. The number of hydrogen-bond acceptors (Lipinski definition) is 1. The number of nitrogens with two attached hydrogens (primary N) is 1. The summed E-state index contributed by atoms with van der Waals surface area (Å²) in [6.45, 7) is 4.04. The van der Waals surface area contributed by atoms with Crippen molar-refractivity contribution in [3.05, 3.63) is 67.7 Å². The number of hydrogen-bond donors (Lipinski definition) is 1. The predicted octanol–water partition coefficient (Wildman–Crippen LogP) is 5.31. The van der Waals surface area contributed by atoms with Gasteiger partial charge < -0.3 is 5.73 Å². The van der Waals surface area contributed by atoms with Crippen molar-refractivity contribution in [1.29, 1.82) is 0 Å². The molecule has 2 aromatic rings. The van der Waals surface area contributed by atoms with E-state index >= 15 is 0 Å². The lowest BCUT2D eigenvalue weighted by atomic mass is 9.96. The van der Waals surface area contributed by atoms with E-state index in [2.05, 4.69) is 0 Å².